The van der Waals surface area contributed by atoms with Crippen LogP contribution in [0.3, 0.4) is 0 Å². The summed E-state index contributed by atoms with van der Waals surface area (Å²) in [6, 6.07) is 5.66. The van der Waals surface area contributed by atoms with Crippen LogP contribution < -0.4 is 10.1 Å². The first-order chi connectivity index (χ1) is 10.3. The summed E-state index contributed by atoms with van der Waals surface area (Å²) in [5.74, 6) is 1.12. The van der Waals surface area contributed by atoms with Crippen LogP contribution in [0.1, 0.15) is 46.6 Å². The molecule has 1 amide bonds. The summed E-state index contributed by atoms with van der Waals surface area (Å²) in [6.45, 7) is 13.0. The molecular formula is C18H29NO3. The van der Waals surface area contributed by atoms with E-state index in [9.17, 15) is 4.79 Å². The van der Waals surface area contributed by atoms with Gasteiger partial charge in [-0.2, -0.15) is 0 Å². The van der Waals surface area contributed by atoms with Gasteiger partial charge in [0.05, 0.1) is 6.61 Å². The highest BCUT2D eigenvalue weighted by Crippen LogP contribution is 2.26. The number of rotatable bonds is 8. The van der Waals surface area contributed by atoms with Gasteiger partial charge >= 0.3 is 0 Å². The van der Waals surface area contributed by atoms with E-state index in [1.807, 2.05) is 45.9 Å². The van der Waals surface area contributed by atoms with Crippen LogP contribution in [0.2, 0.25) is 0 Å². The van der Waals surface area contributed by atoms with Crippen molar-refractivity contribution in [2.45, 2.75) is 53.6 Å². The van der Waals surface area contributed by atoms with Crippen LogP contribution in [0.15, 0.2) is 18.2 Å². The van der Waals surface area contributed by atoms with E-state index < -0.39 is 5.60 Å². The molecule has 0 radical (unpaired) electrons. The number of aryl methyl sites for hydroxylation is 1. The number of ether oxygens (including phenoxy) is 2. The zero-order valence-electron chi connectivity index (χ0n) is 14.7. The van der Waals surface area contributed by atoms with Crippen molar-refractivity contribution in [3.8, 4) is 5.75 Å². The number of hydrogen-bond acceptors (Lipinski definition) is 3. The molecule has 1 atom stereocenters. The Morgan fingerprint density at radius 3 is 2.45 bits per heavy atom. The predicted octanol–water partition coefficient (Wildman–Crippen LogP) is 4.17. The van der Waals surface area contributed by atoms with E-state index in [2.05, 4.69) is 19.2 Å². The lowest BCUT2D eigenvalue weighted by Crippen LogP contribution is -2.44. The van der Waals surface area contributed by atoms with Crippen molar-refractivity contribution in [3.05, 3.63) is 23.8 Å². The lowest BCUT2D eigenvalue weighted by Gasteiger charge is -2.30. The van der Waals surface area contributed by atoms with Gasteiger partial charge in [0.25, 0.3) is 5.91 Å². The SMILES string of the molecule is CCOc1ccc(NC(=O)[C@](C)(CC(C)C)OCC)cc1C. The zero-order chi connectivity index (χ0) is 16.8. The molecule has 0 heterocycles. The number of nitrogens with one attached hydrogen (secondary N) is 1. The molecule has 1 aromatic carbocycles. The molecular weight excluding hydrogens is 278 g/mol. The third-order valence-electron chi connectivity index (χ3n) is 3.47. The van der Waals surface area contributed by atoms with Crippen LogP contribution >= 0.6 is 0 Å². The van der Waals surface area contributed by atoms with Gasteiger partial charge in [0, 0.05) is 12.3 Å². The molecule has 0 saturated carbocycles. The monoisotopic (exact) mass is 307 g/mol. The van der Waals surface area contributed by atoms with Crippen molar-refractivity contribution in [1.82, 2.24) is 0 Å². The minimum absolute atomic E-state index is 0.105. The minimum Gasteiger partial charge on any atom is -0.494 e. The first kappa shape index (κ1) is 18.5. The first-order valence-electron chi connectivity index (χ1n) is 8.01. The van der Waals surface area contributed by atoms with Crippen LogP contribution in [-0.2, 0) is 9.53 Å². The number of carbonyl (C=O) groups is 1. The summed E-state index contributed by atoms with van der Waals surface area (Å²) in [4.78, 5) is 12.6. The molecule has 0 aliphatic carbocycles. The molecule has 0 saturated heterocycles. The highest BCUT2D eigenvalue weighted by molar-refractivity contribution is 5.97. The van der Waals surface area contributed by atoms with E-state index in [1.165, 1.54) is 0 Å². The van der Waals surface area contributed by atoms with E-state index in [0.717, 1.165) is 17.0 Å². The van der Waals surface area contributed by atoms with Crippen LogP contribution in [0, 0.1) is 12.8 Å². The standard InChI is InChI=1S/C18H29NO3/c1-7-21-16-10-9-15(11-14(16)5)19-17(20)18(6,22-8-2)12-13(3)4/h9-11,13H,7-8,12H2,1-6H3,(H,19,20)/t18-/m0/s1. The molecule has 0 bridgehead atoms. The highest BCUT2D eigenvalue weighted by Gasteiger charge is 2.34. The second kappa shape index (κ2) is 8.18. The maximum atomic E-state index is 12.6. The molecule has 1 rings (SSSR count). The molecule has 124 valence electrons. The van der Waals surface area contributed by atoms with Crippen LogP contribution in [0.25, 0.3) is 0 Å². The number of benzene rings is 1. The van der Waals surface area contributed by atoms with Gasteiger partial charge in [-0.3, -0.25) is 4.79 Å². The van der Waals surface area contributed by atoms with Crippen LogP contribution in [-0.4, -0.2) is 24.7 Å². The Morgan fingerprint density at radius 2 is 1.95 bits per heavy atom. The molecule has 4 heteroatoms. The number of anilines is 1. The molecule has 1 N–H and O–H groups in total. The fraction of sp³-hybridized carbons (Fsp3) is 0.611. The van der Waals surface area contributed by atoms with E-state index in [-0.39, 0.29) is 5.91 Å². The second-order valence-electron chi connectivity index (χ2n) is 6.13. The van der Waals surface area contributed by atoms with E-state index >= 15 is 0 Å². The summed E-state index contributed by atoms with van der Waals surface area (Å²) in [6.07, 6.45) is 0.683. The predicted molar refractivity (Wildman–Crippen MR) is 90.5 cm³/mol. The van der Waals surface area contributed by atoms with Gasteiger partial charge in [-0.1, -0.05) is 13.8 Å². The molecule has 22 heavy (non-hydrogen) atoms. The van der Waals surface area contributed by atoms with E-state index in [1.54, 1.807) is 0 Å². The summed E-state index contributed by atoms with van der Waals surface area (Å²) < 4.78 is 11.2. The average molecular weight is 307 g/mol. The van der Waals surface area contributed by atoms with Crippen molar-refractivity contribution in [2.75, 3.05) is 18.5 Å². The van der Waals surface area contributed by atoms with Crippen molar-refractivity contribution in [2.24, 2.45) is 5.92 Å². The molecule has 0 fully saturated rings. The lowest BCUT2D eigenvalue weighted by atomic mass is 9.93. The molecule has 0 aliphatic rings. The fourth-order valence-electron chi connectivity index (χ4n) is 2.62. The number of hydrogen-bond donors (Lipinski definition) is 1. The Hall–Kier alpha value is -1.55. The van der Waals surface area contributed by atoms with Gasteiger partial charge in [-0.25, -0.2) is 0 Å². The Labute approximate surface area is 134 Å². The first-order valence-corrected chi connectivity index (χ1v) is 8.01. The smallest absolute Gasteiger partial charge is 0.256 e. The minimum atomic E-state index is -0.810. The molecule has 0 aromatic heterocycles. The highest BCUT2D eigenvalue weighted by atomic mass is 16.5. The Morgan fingerprint density at radius 1 is 1.27 bits per heavy atom. The van der Waals surface area contributed by atoms with Crippen molar-refractivity contribution in [1.29, 1.82) is 0 Å². The maximum Gasteiger partial charge on any atom is 0.256 e. The summed E-state index contributed by atoms with van der Waals surface area (Å²) in [7, 11) is 0. The largest absolute Gasteiger partial charge is 0.494 e. The Kier molecular flexibility index (Phi) is 6.88. The van der Waals surface area contributed by atoms with Crippen LogP contribution in [0.5, 0.6) is 5.75 Å². The zero-order valence-corrected chi connectivity index (χ0v) is 14.7. The third-order valence-corrected chi connectivity index (χ3v) is 3.47. The maximum absolute atomic E-state index is 12.6. The summed E-state index contributed by atoms with van der Waals surface area (Å²) in [5.41, 5.74) is 0.956. The van der Waals surface area contributed by atoms with Gasteiger partial charge < -0.3 is 14.8 Å². The molecule has 0 aliphatic heterocycles. The summed E-state index contributed by atoms with van der Waals surface area (Å²) in [5, 5.41) is 2.96. The molecule has 4 nitrogen and oxygen atoms in total. The molecule has 0 spiro atoms. The van der Waals surface area contributed by atoms with E-state index in [4.69, 9.17) is 9.47 Å². The Bertz CT molecular complexity index is 499. The van der Waals surface area contributed by atoms with E-state index in [0.29, 0.717) is 25.6 Å². The van der Waals surface area contributed by atoms with Crippen molar-refractivity contribution < 1.29 is 14.3 Å². The fourth-order valence-corrected chi connectivity index (χ4v) is 2.62. The van der Waals surface area contributed by atoms with Gasteiger partial charge in [-0.05, 0) is 63.8 Å². The average Bonchev–Trinajstić information content (AvgIpc) is 2.41. The van der Waals surface area contributed by atoms with Crippen molar-refractivity contribution >= 4 is 11.6 Å². The number of amides is 1. The number of carbonyl (C=O) groups excluding carboxylic acids is 1. The van der Waals surface area contributed by atoms with Gasteiger partial charge in [0.2, 0.25) is 0 Å². The van der Waals surface area contributed by atoms with Gasteiger partial charge in [0.1, 0.15) is 11.4 Å². The lowest BCUT2D eigenvalue weighted by molar-refractivity contribution is -0.140. The second-order valence-corrected chi connectivity index (χ2v) is 6.13. The van der Waals surface area contributed by atoms with Crippen molar-refractivity contribution in [3.63, 3.8) is 0 Å². The summed E-state index contributed by atoms with van der Waals surface area (Å²) >= 11 is 0. The third kappa shape index (κ3) is 5.02. The van der Waals surface area contributed by atoms with Gasteiger partial charge in [-0.15, -0.1) is 0 Å². The molecule has 1 aromatic rings. The topological polar surface area (TPSA) is 47.6 Å². The van der Waals surface area contributed by atoms with Gasteiger partial charge in [0.15, 0.2) is 0 Å². The normalized spacial score (nSPS) is 13.8. The molecule has 0 unspecified atom stereocenters. The Balaban J connectivity index is 2.87. The quantitative estimate of drug-likeness (QED) is 0.784. The van der Waals surface area contributed by atoms with Crippen LogP contribution in [0.4, 0.5) is 5.69 Å².